The Balaban J connectivity index is 1.80. The molecule has 3 atom stereocenters. The van der Waals surface area contributed by atoms with E-state index in [-0.39, 0.29) is 35.3 Å². The van der Waals surface area contributed by atoms with Gasteiger partial charge in [-0.3, -0.25) is 9.36 Å². The first-order valence-electron chi connectivity index (χ1n) is 10.3. The molecule has 1 saturated heterocycles. The topological polar surface area (TPSA) is 155 Å². The second kappa shape index (κ2) is 12.7. The Morgan fingerprint density at radius 1 is 1.52 bits per heavy atom. The van der Waals surface area contributed by atoms with Crippen LogP contribution in [0.15, 0.2) is 17.1 Å². The molecule has 1 fully saturated rings. The Hall–Kier alpha value is -1.31. The maximum Gasteiger partial charge on any atom is 0.351 e. The minimum atomic E-state index is -0.514. The molecule has 2 heterocycles. The van der Waals surface area contributed by atoms with Crippen molar-refractivity contribution in [3.8, 4) is 0 Å². The number of aromatic nitrogens is 2. The third-order valence-electron chi connectivity index (χ3n) is 4.69. The van der Waals surface area contributed by atoms with Gasteiger partial charge in [-0.2, -0.15) is 4.98 Å². The molecule has 0 aliphatic carbocycles. The van der Waals surface area contributed by atoms with Crippen molar-refractivity contribution in [1.82, 2.24) is 14.9 Å². The van der Waals surface area contributed by atoms with E-state index >= 15 is 0 Å². The number of nitrogen functional groups attached to an aromatic ring is 1. The molecular formula is C19H33N5O5S2. The Kier molecular flexibility index (Phi) is 10.6. The zero-order valence-electron chi connectivity index (χ0n) is 18.0. The van der Waals surface area contributed by atoms with Crippen LogP contribution < -0.4 is 22.5 Å². The second-order valence-corrected chi connectivity index (χ2v) is 10.8. The molecule has 0 saturated carbocycles. The number of aliphatic hydroxyl groups excluding tert-OH is 1. The molecule has 6 N–H and O–H groups in total. The fraction of sp³-hybridized carbons (Fsp3) is 0.737. The summed E-state index contributed by atoms with van der Waals surface area (Å²) in [5.74, 6) is 0.576. The Bertz CT molecular complexity index is 763. The monoisotopic (exact) mass is 475 g/mol. The zero-order valence-corrected chi connectivity index (χ0v) is 19.6. The van der Waals surface area contributed by atoms with E-state index in [9.17, 15) is 14.7 Å². The Labute approximate surface area is 190 Å². The zero-order chi connectivity index (χ0) is 22.9. The van der Waals surface area contributed by atoms with Crippen LogP contribution in [0, 0.1) is 0 Å². The Morgan fingerprint density at radius 3 is 2.97 bits per heavy atom. The van der Waals surface area contributed by atoms with E-state index in [4.69, 9.17) is 20.9 Å². The van der Waals surface area contributed by atoms with Crippen molar-refractivity contribution in [2.75, 3.05) is 31.4 Å². The van der Waals surface area contributed by atoms with Gasteiger partial charge < -0.3 is 31.4 Å². The second-order valence-electron chi connectivity index (χ2n) is 7.87. The van der Waals surface area contributed by atoms with Crippen LogP contribution in [0.4, 0.5) is 5.82 Å². The number of rotatable bonds is 13. The molecule has 10 nitrogen and oxygen atoms in total. The minimum Gasteiger partial charge on any atom is -0.396 e. The highest BCUT2D eigenvalue weighted by Gasteiger charge is 2.37. The van der Waals surface area contributed by atoms with Crippen LogP contribution in [-0.2, 0) is 14.3 Å². The van der Waals surface area contributed by atoms with E-state index < -0.39 is 11.9 Å². The number of ether oxygens (including phenoxy) is 2. The lowest BCUT2D eigenvalue weighted by atomic mass is 10.1. The summed E-state index contributed by atoms with van der Waals surface area (Å²) < 4.78 is 13.2. The molecule has 0 bridgehead atoms. The fourth-order valence-electron chi connectivity index (χ4n) is 3.07. The van der Waals surface area contributed by atoms with Gasteiger partial charge in [0, 0.05) is 36.9 Å². The van der Waals surface area contributed by atoms with Crippen LogP contribution in [0.3, 0.4) is 0 Å². The molecule has 1 unspecified atom stereocenters. The maximum atomic E-state index is 12.1. The number of anilines is 1. The molecule has 1 aromatic heterocycles. The highest BCUT2D eigenvalue weighted by Crippen LogP contribution is 2.37. The largest absolute Gasteiger partial charge is 0.396 e. The van der Waals surface area contributed by atoms with Gasteiger partial charge in [0.05, 0.1) is 12.2 Å². The van der Waals surface area contributed by atoms with E-state index in [0.717, 1.165) is 0 Å². The SMILES string of the molecule is CC(C)(CNC(=O)CCCN)SSCO[C@@H]1C[C@H](n2ccc(N)nc2=O)OC1CCO. The molecule has 12 heteroatoms. The van der Waals surface area contributed by atoms with Gasteiger partial charge in [0.1, 0.15) is 18.0 Å². The van der Waals surface area contributed by atoms with E-state index in [0.29, 0.717) is 44.7 Å². The molecule has 0 radical (unpaired) electrons. The van der Waals surface area contributed by atoms with Crippen LogP contribution in [0.2, 0.25) is 0 Å². The third kappa shape index (κ3) is 8.62. The molecular weight excluding hydrogens is 442 g/mol. The van der Waals surface area contributed by atoms with Crippen LogP contribution in [0.25, 0.3) is 0 Å². The van der Waals surface area contributed by atoms with Gasteiger partial charge in [-0.05, 0) is 39.3 Å². The van der Waals surface area contributed by atoms with Crippen molar-refractivity contribution < 1.29 is 19.4 Å². The summed E-state index contributed by atoms with van der Waals surface area (Å²) in [6.07, 6.45) is 2.48. The van der Waals surface area contributed by atoms with E-state index in [1.54, 1.807) is 33.9 Å². The Morgan fingerprint density at radius 2 is 2.29 bits per heavy atom. The summed E-state index contributed by atoms with van der Waals surface area (Å²) in [6, 6.07) is 1.55. The van der Waals surface area contributed by atoms with Crippen LogP contribution in [0.5, 0.6) is 0 Å². The summed E-state index contributed by atoms with van der Waals surface area (Å²) in [7, 11) is 3.17. The van der Waals surface area contributed by atoms with Gasteiger partial charge in [0.25, 0.3) is 0 Å². The van der Waals surface area contributed by atoms with Gasteiger partial charge in [-0.25, -0.2) is 4.79 Å². The number of aliphatic hydroxyl groups is 1. The minimum absolute atomic E-state index is 0.00812. The molecule has 176 valence electrons. The van der Waals surface area contributed by atoms with Crippen molar-refractivity contribution in [3.05, 3.63) is 22.7 Å². The first-order chi connectivity index (χ1) is 14.8. The molecule has 1 amide bonds. The average Bonchev–Trinajstić information content (AvgIpc) is 3.11. The normalized spacial score (nSPS) is 21.4. The first kappa shape index (κ1) is 25.9. The molecule has 1 aliphatic heterocycles. The van der Waals surface area contributed by atoms with Crippen molar-refractivity contribution in [3.63, 3.8) is 0 Å². The first-order valence-corrected chi connectivity index (χ1v) is 12.6. The third-order valence-corrected chi connectivity index (χ3v) is 7.63. The van der Waals surface area contributed by atoms with Crippen molar-refractivity contribution in [1.29, 1.82) is 0 Å². The number of carbonyl (C=O) groups excluding carboxylic acids is 1. The fourth-order valence-corrected chi connectivity index (χ4v) is 5.24. The van der Waals surface area contributed by atoms with E-state index in [1.165, 1.54) is 4.57 Å². The molecule has 31 heavy (non-hydrogen) atoms. The van der Waals surface area contributed by atoms with Gasteiger partial charge in [-0.1, -0.05) is 21.6 Å². The summed E-state index contributed by atoms with van der Waals surface area (Å²) in [4.78, 5) is 27.6. The van der Waals surface area contributed by atoms with Crippen LogP contribution in [0.1, 0.15) is 45.8 Å². The number of nitrogens with one attached hydrogen (secondary N) is 1. The van der Waals surface area contributed by atoms with Crippen LogP contribution in [-0.4, -0.2) is 63.2 Å². The lowest BCUT2D eigenvalue weighted by Crippen LogP contribution is -2.36. The predicted octanol–water partition coefficient (Wildman–Crippen LogP) is 0.853. The van der Waals surface area contributed by atoms with Crippen LogP contribution >= 0.6 is 21.6 Å². The van der Waals surface area contributed by atoms with E-state index in [1.807, 2.05) is 0 Å². The molecule has 1 aliphatic rings. The maximum absolute atomic E-state index is 12.1. The number of hydrogen-bond donors (Lipinski definition) is 4. The van der Waals surface area contributed by atoms with Crippen molar-refractivity contribution >= 4 is 33.3 Å². The summed E-state index contributed by atoms with van der Waals surface area (Å²) >= 11 is 0. The lowest BCUT2D eigenvalue weighted by molar-refractivity contribution is -0.121. The molecule has 2 rings (SSSR count). The molecule has 0 spiro atoms. The lowest BCUT2D eigenvalue weighted by Gasteiger charge is -2.24. The quantitative estimate of drug-likeness (QED) is 0.183. The van der Waals surface area contributed by atoms with Gasteiger partial charge in [0.15, 0.2) is 0 Å². The van der Waals surface area contributed by atoms with Gasteiger partial charge in [-0.15, -0.1) is 0 Å². The summed E-state index contributed by atoms with van der Waals surface area (Å²) in [5, 5.41) is 12.3. The number of nitrogens with zero attached hydrogens (tertiary/aromatic N) is 2. The summed E-state index contributed by atoms with van der Waals surface area (Å²) in [5.41, 5.74) is 10.5. The predicted molar refractivity (Wildman–Crippen MR) is 123 cm³/mol. The number of carbonyl (C=O) groups is 1. The summed E-state index contributed by atoms with van der Waals surface area (Å²) in [6.45, 7) is 5.12. The number of amides is 1. The highest BCUT2D eigenvalue weighted by atomic mass is 33.1. The van der Waals surface area contributed by atoms with E-state index in [2.05, 4.69) is 24.1 Å². The standard InChI is InChI=1S/C19H33N5O5S2/c1-19(2,11-22-16(26)4-3-7-20)31-30-12-28-14-10-17(29-13(14)6-9-25)24-8-5-15(21)23-18(24)27/h5,8,13-14,17,25H,3-4,6-7,9-12,20H2,1-2H3,(H,22,26)(H2,21,23,27)/t13?,14-,17-/m1/s1. The molecule has 0 aromatic carbocycles. The van der Waals surface area contributed by atoms with Gasteiger partial charge >= 0.3 is 5.69 Å². The average molecular weight is 476 g/mol. The number of nitrogens with two attached hydrogens (primary N) is 2. The van der Waals surface area contributed by atoms with Crippen molar-refractivity contribution in [2.24, 2.45) is 5.73 Å². The number of hydrogen-bond acceptors (Lipinski definition) is 10. The van der Waals surface area contributed by atoms with Gasteiger partial charge in [0.2, 0.25) is 5.91 Å². The highest BCUT2D eigenvalue weighted by molar-refractivity contribution is 8.77. The van der Waals surface area contributed by atoms with Crippen molar-refractivity contribution in [2.45, 2.75) is 62.7 Å². The molecule has 1 aromatic rings. The smallest absolute Gasteiger partial charge is 0.351 e.